The van der Waals surface area contributed by atoms with Crippen LogP contribution in [0.2, 0.25) is 0 Å². The van der Waals surface area contributed by atoms with E-state index in [9.17, 15) is 4.39 Å². The molecule has 0 saturated carbocycles. The SMILES string of the molecule is Cc1ccccc1-c1noc(-c2ncn3c2CO[C@@H](c2ccccc2F)C3)n1. The second-order valence-corrected chi connectivity index (χ2v) is 6.75. The van der Waals surface area contributed by atoms with Crippen LogP contribution in [0.15, 0.2) is 59.4 Å². The standard InChI is InChI=1S/C21H17FN4O2/c1-13-6-2-3-7-14(13)20-24-21(28-25-20)19-17-11-27-18(10-26(17)12-23-19)15-8-4-5-9-16(15)22/h2-9,12,18H,10-11H2,1H3/t18-/m1/s1. The fraction of sp³-hybridized carbons (Fsp3) is 0.190. The lowest BCUT2D eigenvalue weighted by Gasteiger charge is -2.25. The molecule has 4 aromatic rings. The molecule has 28 heavy (non-hydrogen) atoms. The third-order valence-corrected chi connectivity index (χ3v) is 5.00. The minimum Gasteiger partial charge on any atom is -0.365 e. The third kappa shape index (κ3) is 2.80. The first-order valence-electron chi connectivity index (χ1n) is 9.01. The quantitative estimate of drug-likeness (QED) is 0.533. The summed E-state index contributed by atoms with van der Waals surface area (Å²) in [7, 11) is 0. The van der Waals surface area contributed by atoms with Crippen LogP contribution in [-0.4, -0.2) is 19.7 Å². The normalized spacial score (nSPS) is 16.1. The van der Waals surface area contributed by atoms with Gasteiger partial charge in [-0.2, -0.15) is 4.98 Å². The summed E-state index contributed by atoms with van der Waals surface area (Å²) in [5.41, 5.74) is 3.97. The van der Waals surface area contributed by atoms with E-state index in [1.54, 1.807) is 18.5 Å². The summed E-state index contributed by atoms with van der Waals surface area (Å²) in [6.45, 7) is 2.76. The van der Waals surface area contributed by atoms with Gasteiger partial charge < -0.3 is 13.8 Å². The van der Waals surface area contributed by atoms with Gasteiger partial charge in [0.15, 0.2) is 5.69 Å². The molecule has 5 rings (SSSR count). The first-order valence-corrected chi connectivity index (χ1v) is 9.01. The lowest BCUT2D eigenvalue weighted by molar-refractivity contribution is 0.00126. The van der Waals surface area contributed by atoms with Gasteiger partial charge in [-0.05, 0) is 18.6 Å². The van der Waals surface area contributed by atoms with Crippen molar-refractivity contribution in [2.75, 3.05) is 0 Å². The van der Waals surface area contributed by atoms with Crippen molar-refractivity contribution in [3.8, 4) is 23.0 Å². The van der Waals surface area contributed by atoms with Crippen LogP contribution in [0.3, 0.4) is 0 Å². The molecule has 0 N–H and O–H groups in total. The fourth-order valence-electron chi connectivity index (χ4n) is 3.48. The first kappa shape index (κ1) is 16.8. The number of halogens is 1. The molecule has 140 valence electrons. The van der Waals surface area contributed by atoms with E-state index in [1.807, 2.05) is 41.8 Å². The number of ether oxygens (including phenoxy) is 1. The number of aromatic nitrogens is 4. The minimum atomic E-state index is -0.360. The Morgan fingerprint density at radius 1 is 1.11 bits per heavy atom. The summed E-state index contributed by atoms with van der Waals surface area (Å²) in [5.74, 6) is 0.604. The van der Waals surface area contributed by atoms with Crippen molar-refractivity contribution < 1.29 is 13.7 Å². The van der Waals surface area contributed by atoms with Crippen LogP contribution in [0.25, 0.3) is 23.0 Å². The molecule has 1 aliphatic heterocycles. The average molecular weight is 376 g/mol. The van der Waals surface area contributed by atoms with E-state index < -0.39 is 0 Å². The molecule has 0 fully saturated rings. The molecule has 7 heteroatoms. The van der Waals surface area contributed by atoms with Crippen LogP contribution in [0.4, 0.5) is 4.39 Å². The van der Waals surface area contributed by atoms with Gasteiger partial charge in [0.05, 0.1) is 25.2 Å². The molecule has 0 unspecified atom stereocenters. The van der Waals surface area contributed by atoms with E-state index in [2.05, 4.69) is 15.1 Å². The molecule has 2 aromatic heterocycles. The highest BCUT2D eigenvalue weighted by atomic mass is 19.1. The molecule has 6 nitrogen and oxygen atoms in total. The molecule has 0 saturated heterocycles. The highest BCUT2D eigenvalue weighted by molar-refractivity contribution is 5.62. The molecular weight excluding hydrogens is 359 g/mol. The number of hydrogen-bond donors (Lipinski definition) is 0. The molecule has 2 aromatic carbocycles. The van der Waals surface area contributed by atoms with Gasteiger partial charge in [-0.1, -0.05) is 47.6 Å². The minimum absolute atomic E-state index is 0.268. The van der Waals surface area contributed by atoms with Gasteiger partial charge in [-0.25, -0.2) is 9.37 Å². The number of nitrogens with zero attached hydrogens (tertiary/aromatic N) is 4. The zero-order valence-corrected chi connectivity index (χ0v) is 15.2. The van der Waals surface area contributed by atoms with Crippen molar-refractivity contribution in [1.82, 2.24) is 19.7 Å². The second-order valence-electron chi connectivity index (χ2n) is 6.75. The summed E-state index contributed by atoms with van der Waals surface area (Å²) >= 11 is 0. The summed E-state index contributed by atoms with van der Waals surface area (Å²) < 4.78 is 27.4. The lowest BCUT2D eigenvalue weighted by Crippen LogP contribution is -2.21. The van der Waals surface area contributed by atoms with Crippen molar-refractivity contribution in [1.29, 1.82) is 0 Å². The topological polar surface area (TPSA) is 66.0 Å². The molecular formula is C21H17FN4O2. The maximum atomic E-state index is 14.1. The summed E-state index contributed by atoms with van der Waals surface area (Å²) in [6.07, 6.45) is 1.35. The molecule has 0 aliphatic carbocycles. The predicted octanol–water partition coefficient (Wildman–Crippen LogP) is 4.32. The zero-order chi connectivity index (χ0) is 19.1. The Bertz CT molecular complexity index is 1150. The second kappa shape index (κ2) is 6.69. The van der Waals surface area contributed by atoms with Crippen LogP contribution in [0.5, 0.6) is 0 Å². The van der Waals surface area contributed by atoms with E-state index in [1.165, 1.54) is 6.07 Å². The fourth-order valence-corrected chi connectivity index (χ4v) is 3.48. The van der Waals surface area contributed by atoms with Gasteiger partial charge in [0.1, 0.15) is 11.9 Å². The summed E-state index contributed by atoms with van der Waals surface area (Å²) in [4.78, 5) is 8.96. The molecule has 0 bridgehead atoms. The first-order chi connectivity index (χ1) is 13.7. The van der Waals surface area contributed by atoms with E-state index >= 15 is 0 Å². The van der Waals surface area contributed by atoms with Gasteiger partial charge in [-0.3, -0.25) is 0 Å². The average Bonchev–Trinajstić information content (AvgIpc) is 3.35. The van der Waals surface area contributed by atoms with E-state index in [0.717, 1.165) is 16.8 Å². The van der Waals surface area contributed by atoms with Crippen LogP contribution in [0, 0.1) is 12.7 Å². The molecule has 1 atom stereocenters. The van der Waals surface area contributed by atoms with Crippen LogP contribution in [-0.2, 0) is 17.9 Å². The Morgan fingerprint density at radius 3 is 2.79 bits per heavy atom. The Balaban J connectivity index is 1.45. The monoisotopic (exact) mass is 376 g/mol. The Morgan fingerprint density at radius 2 is 1.93 bits per heavy atom. The third-order valence-electron chi connectivity index (χ3n) is 5.00. The summed E-state index contributed by atoms with van der Waals surface area (Å²) in [5, 5.41) is 4.10. The van der Waals surface area contributed by atoms with Crippen molar-refractivity contribution in [3.05, 3.63) is 77.5 Å². The maximum absolute atomic E-state index is 14.1. The number of aryl methyl sites for hydroxylation is 1. The van der Waals surface area contributed by atoms with Crippen LogP contribution < -0.4 is 0 Å². The lowest BCUT2D eigenvalue weighted by atomic mass is 10.1. The van der Waals surface area contributed by atoms with Crippen molar-refractivity contribution in [2.45, 2.75) is 26.2 Å². The maximum Gasteiger partial charge on any atom is 0.278 e. The zero-order valence-electron chi connectivity index (χ0n) is 15.2. The van der Waals surface area contributed by atoms with E-state index in [4.69, 9.17) is 9.26 Å². The Hall–Kier alpha value is -3.32. The molecule has 0 amide bonds. The number of rotatable bonds is 3. The van der Waals surface area contributed by atoms with E-state index in [-0.39, 0.29) is 18.5 Å². The Labute approximate surface area is 160 Å². The van der Waals surface area contributed by atoms with Crippen LogP contribution >= 0.6 is 0 Å². The van der Waals surface area contributed by atoms with E-state index in [0.29, 0.717) is 29.5 Å². The number of fused-ring (bicyclic) bond motifs is 1. The van der Waals surface area contributed by atoms with Gasteiger partial charge in [0, 0.05) is 11.1 Å². The molecule has 0 radical (unpaired) electrons. The smallest absolute Gasteiger partial charge is 0.278 e. The largest absolute Gasteiger partial charge is 0.365 e. The predicted molar refractivity (Wildman–Crippen MR) is 99.6 cm³/mol. The van der Waals surface area contributed by atoms with Gasteiger partial charge in [0.25, 0.3) is 5.89 Å². The van der Waals surface area contributed by atoms with Crippen molar-refractivity contribution in [2.24, 2.45) is 0 Å². The van der Waals surface area contributed by atoms with Gasteiger partial charge in [0.2, 0.25) is 5.82 Å². The van der Waals surface area contributed by atoms with Crippen LogP contribution in [0.1, 0.15) is 22.9 Å². The highest BCUT2D eigenvalue weighted by Crippen LogP contribution is 2.32. The summed E-state index contributed by atoms with van der Waals surface area (Å²) in [6, 6.07) is 14.5. The highest BCUT2D eigenvalue weighted by Gasteiger charge is 2.28. The Kier molecular flexibility index (Phi) is 4.02. The number of hydrogen-bond acceptors (Lipinski definition) is 5. The number of benzene rings is 2. The molecule has 0 spiro atoms. The molecule has 1 aliphatic rings. The van der Waals surface area contributed by atoms with Crippen molar-refractivity contribution >= 4 is 0 Å². The number of imidazole rings is 1. The van der Waals surface area contributed by atoms with Gasteiger partial charge in [-0.15, -0.1) is 0 Å². The molecule has 3 heterocycles. The van der Waals surface area contributed by atoms with Crippen molar-refractivity contribution in [3.63, 3.8) is 0 Å². The van der Waals surface area contributed by atoms with Gasteiger partial charge >= 0.3 is 0 Å².